The van der Waals surface area contributed by atoms with Gasteiger partial charge in [0.2, 0.25) is 0 Å². The Balaban J connectivity index is 1.14. The summed E-state index contributed by atoms with van der Waals surface area (Å²) in [5.74, 6) is 0. The first-order valence-electron chi connectivity index (χ1n) is 24.0. The zero-order valence-corrected chi connectivity index (χ0v) is 39.9. The van der Waals surface area contributed by atoms with Crippen LogP contribution in [0.25, 0.3) is 111 Å². The van der Waals surface area contributed by atoms with Crippen molar-refractivity contribution in [3.05, 3.63) is 240 Å². The van der Waals surface area contributed by atoms with Crippen LogP contribution >= 0.6 is 0 Å². The average molecular weight is 982 g/mol. The molecule has 0 aliphatic rings. The third-order valence-corrected chi connectivity index (χ3v) is 14.2. The standard InChI is InChI=1S/C66H34F3N7/c67-66(68,69)53-24-29-62(75-60-25-20-48(44-12-4-40(35-70)5-13-44)30-55(60)56-31-49(21-26-61(56)75)45-14-6-41(36-71)7-15-45)59(34-53)54-3-1-2-52(39-74)65(54)76-63-27-22-50(46-16-8-42(37-72)9-17-46)32-57(63)58-33-51(23-28-64(58)76)47-18-10-43(38-73)11-19-47/h1-34H. The van der Waals surface area contributed by atoms with Gasteiger partial charge in [0.1, 0.15) is 6.07 Å². The van der Waals surface area contributed by atoms with Crippen molar-refractivity contribution >= 4 is 43.6 Å². The van der Waals surface area contributed by atoms with Crippen molar-refractivity contribution in [1.29, 1.82) is 26.3 Å². The number of benzene rings is 10. The Labute approximate surface area is 433 Å². The molecule has 0 fully saturated rings. The molecule has 0 radical (unpaired) electrons. The largest absolute Gasteiger partial charge is 0.416 e. The van der Waals surface area contributed by atoms with E-state index in [0.29, 0.717) is 61.3 Å². The van der Waals surface area contributed by atoms with E-state index >= 15 is 13.2 Å². The number of hydrogen-bond acceptors (Lipinski definition) is 5. The molecule has 7 nitrogen and oxygen atoms in total. The highest BCUT2D eigenvalue weighted by atomic mass is 19.4. The Morgan fingerprint density at radius 1 is 0.316 bits per heavy atom. The summed E-state index contributed by atoms with van der Waals surface area (Å²) >= 11 is 0. The summed E-state index contributed by atoms with van der Waals surface area (Å²) in [6.07, 6.45) is -4.73. The van der Waals surface area contributed by atoms with Crippen molar-refractivity contribution < 1.29 is 13.2 Å². The molecule has 0 amide bonds. The second-order valence-corrected chi connectivity index (χ2v) is 18.4. The maximum Gasteiger partial charge on any atom is 0.416 e. The lowest BCUT2D eigenvalue weighted by Crippen LogP contribution is -2.08. The number of nitrogens with zero attached hydrogens (tertiary/aromatic N) is 7. The van der Waals surface area contributed by atoms with Crippen molar-refractivity contribution in [3.63, 3.8) is 0 Å². The van der Waals surface area contributed by atoms with Gasteiger partial charge in [-0.15, -0.1) is 0 Å². The van der Waals surface area contributed by atoms with Gasteiger partial charge < -0.3 is 9.13 Å². The molecule has 76 heavy (non-hydrogen) atoms. The van der Waals surface area contributed by atoms with Crippen LogP contribution in [0.5, 0.6) is 0 Å². The minimum Gasteiger partial charge on any atom is -0.309 e. The van der Waals surface area contributed by atoms with E-state index in [2.05, 4.69) is 54.6 Å². The molecule has 0 saturated heterocycles. The fourth-order valence-corrected chi connectivity index (χ4v) is 10.4. The molecule has 10 heteroatoms. The van der Waals surface area contributed by atoms with Gasteiger partial charge in [0.05, 0.1) is 91.1 Å². The predicted octanol–water partition coefficient (Wildman–Crippen LogP) is 16.6. The fraction of sp³-hybridized carbons (Fsp3) is 0.0152. The first kappa shape index (κ1) is 46.1. The normalized spacial score (nSPS) is 11.3. The van der Waals surface area contributed by atoms with E-state index in [1.807, 2.05) is 106 Å². The second kappa shape index (κ2) is 18.3. The highest BCUT2D eigenvalue weighted by Gasteiger charge is 2.33. The molecule has 0 unspecified atom stereocenters. The van der Waals surface area contributed by atoms with Gasteiger partial charge in [-0.3, -0.25) is 0 Å². The Bertz CT molecular complexity index is 4360. The average Bonchev–Trinajstić information content (AvgIpc) is 3.97. The molecule has 0 N–H and O–H groups in total. The first-order valence-corrected chi connectivity index (χ1v) is 24.0. The van der Waals surface area contributed by atoms with Crippen molar-refractivity contribution in [1.82, 2.24) is 9.13 Å². The lowest BCUT2D eigenvalue weighted by molar-refractivity contribution is -0.137. The summed E-state index contributed by atoms with van der Waals surface area (Å²) in [6.45, 7) is 0. The van der Waals surface area contributed by atoms with E-state index in [1.165, 1.54) is 12.1 Å². The Hall–Kier alpha value is -11.0. The molecule has 2 heterocycles. The van der Waals surface area contributed by atoms with Crippen LogP contribution in [0.15, 0.2) is 206 Å². The number of para-hydroxylation sites is 1. The summed E-state index contributed by atoms with van der Waals surface area (Å²) in [4.78, 5) is 0. The van der Waals surface area contributed by atoms with Gasteiger partial charge in [-0.1, -0.05) is 84.9 Å². The number of aromatic nitrogens is 2. The lowest BCUT2D eigenvalue weighted by atomic mass is 9.95. The summed E-state index contributed by atoms with van der Waals surface area (Å²) in [5, 5.41) is 52.5. The van der Waals surface area contributed by atoms with Crippen molar-refractivity contribution in [3.8, 4) is 97.4 Å². The number of halogens is 3. The number of fused-ring (bicyclic) bond motifs is 6. The van der Waals surface area contributed by atoms with E-state index in [0.717, 1.165) is 72.1 Å². The molecule has 12 rings (SSSR count). The third kappa shape index (κ3) is 7.83. The van der Waals surface area contributed by atoms with Crippen LogP contribution < -0.4 is 0 Å². The number of hydrogen-bond donors (Lipinski definition) is 0. The Morgan fingerprint density at radius 3 is 0.987 bits per heavy atom. The molecule has 0 saturated carbocycles. The summed E-state index contributed by atoms with van der Waals surface area (Å²) in [5.41, 5.74) is 12.6. The number of alkyl halides is 3. The lowest BCUT2D eigenvalue weighted by Gasteiger charge is -2.21. The molecule has 0 bridgehead atoms. The van der Waals surface area contributed by atoms with Crippen molar-refractivity contribution in [2.24, 2.45) is 0 Å². The topological polar surface area (TPSA) is 129 Å². The van der Waals surface area contributed by atoms with E-state index in [1.54, 1.807) is 66.7 Å². The third-order valence-electron chi connectivity index (χ3n) is 14.2. The molecule has 354 valence electrons. The van der Waals surface area contributed by atoms with E-state index in [4.69, 9.17) is 0 Å². The molecule has 0 atom stereocenters. The summed E-state index contributed by atoms with van der Waals surface area (Å²) in [6, 6.07) is 73.0. The first-order chi connectivity index (χ1) is 37.0. The van der Waals surface area contributed by atoms with Crippen LogP contribution in [0.1, 0.15) is 33.4 Å². The van der Waals surface area contributed by atoms with Gasteiger partial charge in [-0.2, -0.15) is 39.5 Å². The highest BCUT2D eigenvalue weighted by Crippen LogP contribution is 2.46. The van der Waals surface area contributed by atoms with Crippen LogP contribution in [0, 0.1) is 56.7 Å². The number of rotatable bonds is 7. The van der Waals surface area contributed by atoms with Gasteiger partial charge >= 0.3 is 6.18 Å². The smallest absolute Gasteiger partial charge is 0.309 e. The number of nitriles is 5. The van der Waals surface area contributed by atoms with E-state index < -0.39 is 11.7 Å². The minimum absolute atomic E-state index is 0.228. The Morgan fingerprint density at radius 2 is 0.658 bits per heavy atom. The summed E-state index contributed by atoms with van der Waals surface area (Å²) in [7, 11) is 0. The van der Waals surface area contributed by atoms with E-state index in [9.17, 15) is 26.3 Å². The van der Waals surface area contributed by atoms with Gasteiger partial charge in [0.25, 0.3) is 0 Å². The summed E-state index contributed by atoms with van der Waals surface area (Å²) < 4.78 is 49.6. The zero-order chi connectivity index (χ0) is 52.2. The molecule has 10 aromatic carbocycles. The minimum atomic E-state index is -4.73. The van der Waals surface area contributed by atoms with Crippen molar-refractivity contribution in [2.75, 3.05) is 0 Å². The van der Waals surface area contributed by atoms with Crippen molar-refractivity contribution in [2.45, 2.75) is 6.18 Å². The van der Waals surface area contributed by atoms with Gasteiger partial charge in [-0.05, 0) is 166 Å². The maximum absolute atomic E-state index is 15.2. The van der Waals surface area contributed by atoms with Crippen LogP contribution in [-0.2, 0) is 6.18 Å². The van der Waals surface area contributed by atoms with E-state index in [-0.39, 0.29) is 11.1 Å². The molecule has 2 aromatic heterocycles. The molecule has 0 aliphatic heterocycles. The van der Waals surface area contributed by atoms with Crippen LogP contribution in [0.2, 0.25) is 0 Å². The molecular formula is C66H34F3N7. The van der Waals surface area contributed by atoms with Crippen LogP contribution in [-0.4, -0.2) is 9.13 Å². The molecule has 0 spiro atoms. The van der Waals surface area contributed by atoms with Gasteiger partial charge in [-0.25, -0.2) is 0 Å². The van der Waals surface area contributed by atoms with Crippen LogP contribution in [0.3, 0.4) is 0 Å². The zero-order valence-electron chi connectivity index (χ0n) is 39.9. The second-order valence-electron chi connectivity index (χ2n) is 18.4. The quantitative estimate of drug-likeness (QED) is 0.157. The van der Waals surface area contributed by atoms with Crippen LogP contribution in [0.4, 0.5) is 13.2 Å². The molecule has 0 aliphatic carbocycles. The fourth-order valence-electron chi connectivity index (χ4n) is 10.4. The predicted molar refractivity (Wildman–Crippen MR) is 291 cm³/mol. The molecule has 12 aromatic rings. The van der Waals surface area contributed by atoms with Gasteiger partial charge in [0.15, 0.2) is 0 Å². The maximum atomic E-state index is 15.2. The molecular weight excluding hydrogens is 948 g/mol. The highest BCUT2D eigenvalue weighted by molar-refractivity contribution is 6.14. The SMILES string of the molecule is N#Cc1ccc(-c2ccc3c(c2)c2cc(-c4ccc(C#N)cc4)ccc2n3-c2ccc(C(F)(F)F)cc2-c2cccc(C#N)c2-n2c3ccc(-c4ccc(C#N)cc4)cc3c3cc(-c4ccc(C#N)cc4)ccc32)cc1. The monoisotopic (exact) mass is 981 g/mol. The van der Waals surface area contributed by atoms with Gasteiger partial charge in [0, 0.05) is 32.7 Å². The Kier molecular flexibility index (Phi) is 11.1.